The van der Waals surface area contributed by atoms with Crippen molar-refractivity contribution in [1.29, 1.82) is 0 Å². The fourth-order valence-electron chi connectivity index (χ4n) is 7.73. The van der Waals surface area contributed by atoms with Crippen molar-refractivity contribution >= 4 is 47.6 Å². The van der Waals surface area contributed by atoms with Gasteiger partial charge in [-0.15, -0.1) is 24.8 Å². The summed E-state index contributed by atoms with van der Waals surface area (Å²) in [5, 5.41) is 0. The van der Waals surface area contributed by atoms with E-state index in [1.807, 2.05) is 10.5 Å². The predicted octanol–water partition coefficient (Wildman–Crippen LogP) is 6.12. The molecule has 2 aromatic heterocycles. The molecule has 0 radical (unpaired) electrons. The van der Waals surface area contributed by atoms with Crippen LogP contribution in [0.4, 0.5) is 0 Å². The van der Waals surface area contributed by atoms with Gasteiger partial charge in [-0.25, -0.2) is 9.78 Å². The molecule has 0 unspecified atom stereocenters. The summed E-state index contributed by atoms with van der Waals surface area (Å²) in [6, 6.07) is 8.31. The molecular formula is C27H38Cl2N4O2. The van der Waals surface area contributed by atoms with Crippen LogP contribution in [0.2, 0.25) is 0 Å². The van der Waals surface area contributed by atoms with Crippen LogP contribution >= 0.6 is 24.8 Å². The fourth-order valence-corrected chi connectivity index (χ4v) is 7.73. The van der Waals surface area contributed by atoms with E-state index in [0.29, 0.717) is 12.2 Å². The number of nitrogens with zero attached hydrogens (tertiary/aromatic N) is 4. The van der Waals surface area contributed by atoms with Gasteiger partial charge in [0.15, 0.2) is 5.69 Å². The lowest BCUT2D eigenvalue weighted by Gasteiger charge is -2.60. The summed E-state index contributed by atoms with van der Waals surface area (Å²) < 4.78 is 9.60. The van der Waals surface area contributed by atoms with Crippen molar-refractivity contribution in [3.63, 3.8) is 0 Å². The van der Waals surface area contributed by atoms with Crippen LogP contribution in [0.5, 0.6) is 0 Å². The second-order valence-electron chi connectivity index (χ2n) is 11.0. The highest BCUT2D eigenvalue weighted by Gasteiger charge is 2.52. The first-order chi connectivity index (χ1) is 16.0. The summed E-state index contributed by atoms with van der Waals surface area (Å²) in [6.45, 7) is 3.80. The van der Waals surface area contributed by atoms with Gasteiger partial charge in [-0.1, -0.05) is 25.5 Å². The van der Waals surface area contributed by atoms with Gasteiger partial charge in [0.25, 0.3) is 0 Å². The summed E-state index contributed by atoms with van der Waals surface area (Å²) in [4.78, 5) is 20.8. The number of hydrogen-bond donors (Lipinski definition) is 0. The van der Waals surface area contributed by atoms with Crippen LogP contribution in [0.3, 0.4) is 0 Å². The van der Waals surface area contributed by atoms with Gasteiger partial charge in [0.05, 0.1) is 23.8 Å². The van der Waals surface area contributed by atoms with E-state index < -0.39 is 0 Å². The number of esters is 1. The Balaban J connectivity index is 0.00000144. The number of carbonyl (C=O) groups excluding carboxylic acids is 1. The summed E-state index contributed by atoms with van der Waals surface area (Å²) in [5.41, 5.74) is 3.87. The summed E-state index contributed by atoms with van der Waals surface area (Å²) in [7, 11) is 3.74. The first-order valence-corrected chi connectivity index (χ1v) is 12.8. The van der Waals surface area contributed by atoms with E-state index in [2.05, 4.69) is 41.6 Å². The summed E-state index contributed by atoms with van der Waals surface area (Å²) >= 11 is 0. The third-order valence-corrected chi connectivity index (χ3v) is 8.90. The van der Waals surface area contributed by atoms with Gasteiger partial charge >= 0.3 is 5.97 Å². The molecule has 0 spiro atoms. The number of unbranched alkanes of at least 4 members (excludes halogenated alkanes) is 1. The van der Waals surface area contributed by atoms with Crippen LogP contribution in [-0.2, 0) is 17.8 Å². The lowest BCUT2D eigenvalue weighted by Crippen LogP contribution is -2.58. The minimum atomic E-state index is -0.296. The molecule has 6 nitrogen and oxygen atoms in total. The number of carbonyl (C=O) groups is 1. The zero-order valence-corrected chi connectivity index (χ0v) is 22.7. The van der Waals surface area contributed by atoms with Gasteiger partial charge in [-0.05, 0) is 81.9 Å². The molecule has 192 valence electrons. The third-order valence-electron chi connectivity index (χ3n) is 8.90. The molecule has 4 bridgehead atoms. The maximum Gasteiger partial charge on any atom is 0.357 e. The molecule has 35 heavy (non-hydrogen) atoms. The molecule has 2 heterocycles. The molecule has 0 N–H and O–H groups in total. The molecule has 4 saturated carbocycles. The molecule has 0 atom stereocenters. The van der Waals surface area contributed by atoms with Gasteiger partial charge in [0.1, 0.15) is 0 Å². The second-order valence-corrected chi connectivity index (χ2v) is 11.0. The Morgan fingerprint density at radius 3 is 2.26 bits per heavy atom. The van der Waals surface area contributed by atoms with E-state index in [-0.39, 0.29) is 36.3 Å². The molecule has 3 aromatic rings. The molecule has 1 aromatic carbocycles. The van der Waals surface area contributed by atoms with Crippen molar-refractivity contribution in [1.82, 2.24) is 18.9 Å². The van der Waals surface area contributed by atoms with Crippen LogP contribution in [-0.4, -0.2) is 44.5 Å². The minimum absolute atomic E-state index is 0. The minimum Gasteiger partial charge on any atom is -0.464 e. The molecule has 7 rings (SSSR count). The van der Waals surface area contributed by atoms with Gasteiger partial charge < -0.3 is 9.30 Å². The van der Waals surface area contributed by atoms with Crippen LogP contribution in [0.15, 0.2) is 24.3 Å². The standard InChI is InChI=1S/C27H36N4O2.2ClH/c1-4-5-10-30-22-8-6-7-9-23(22)31-24(25(32)33-3)21(28-26(30)31)17-29(2)27-14-18-11-19(15-27)13-20(12-18)16-27;;/h6-9,18-20H,4-5,10-17H2,1-3H3;2*1H. The Hall–Kier alpha value is -1.76. The Kier molecular flexibility index (Phi) is 7.48. The second kappa shape index (κ2) is 9.95. The van der Waals surface area contributed by atoms with Crippen LogP contribution in [0.1, 0.15) is 74.5 Å². The van der Waals surface area contributed by atoms with E-state index in [1.54, 1.807) is 0 Å². The van der Waals surface area contributed by atoms with Crippen molar-refractivity contribution in [2.75, 3.05) is 14.2 Å². The number of imidazole rings is 2. The zero-order chi connectivity index (χ0) is 22.7. The average molecular weight is 522 g/mol. The van der Waals surface area contributed by atoms with Crippen molar-refractivity contribution in [3.8, 4) is 0 Å². The molecule has 0 amide bonds. The number of benzene rings is 1. The first kappa shape index (κ1) is 26.3. The van der Waals surface area contributed by atoms with Gasteiger partial charge in [-0.3, -0.25) is 9.30 Å². The van der Waals surface area contributed by atoms with Crippen molar-refractivity contribution in [2.45, 2.75) is 76.9 Å². The van der Waals surface area contributed by atoms with E-state index in [1.165, 1.54) is 45.6 Å². The quantitative estimate of drug-likeness (QED) is 0.352. The molecule has 4 fully saturated rings. The summed E-state index contributed by atoms with van der Waals surface area (Å²) in [6.07, 6.45) is 10.4. The maximum absolute atomic E-state index is 13.1. The van der Waals surface area contributed by atoms with Gasteiger partial charge in [0, 0.05) is 18.6 Å². The lowest BCUT2D eigenvalue weighted by atomic mass is 9.52. The number of methoxy groups -OCH3 is 1. The highest BCUT2D eigenvalue weighted by atomic mass is 35.5. The zero-order valence-electron chi connectivity index (χ0n) is 21.0. The molecule has 8 heteroatoms. The topological polar surface area (TPSA) is 51.8 Å². The number of para-hydroxylation sites is 2. The largest absolute Gasteiger partial charge is 0.464 e. The Morgan fingerprint density at radius 1 is 1.09 bits per heavy atom. The molecule has 4 aliphatic carbocycles. The Labute approximate surface area is 220 Å². The molecule has 4 aliphatic rings. The number of halogens is 2. The van der Waals surface area contributed by atoms with Crippen LogP contribution < -0.4 is 0 Å². The number of aryl methyl sites for hydroxylation is 1. The van der Waals surface area contributed by atoms with Gasteiger partial charge in [-0.2, -0.15) is 0 Å². The number of ether oxygens (including phenoxy) is 1. The SMILES string of the molecule is CCCCn1c2ccccc2n2c(C(=O)OC)c(CN(C)C34CC5CC(CC(C5)C3)C4)nc12.Cl.Cl. The molecular weight excluding hydrogens is 483 g/mol. The lowest BCUT2D eigenvalue weighted by molar-refractivity contribution is -0.0825. The van der Waals surface area contributed by atoms with E-state index in [9.17, 15) is 4.79 Å². The maximum atomic E-state index is 13.1. The third kappa shape index (κ3) is 4.15. The van der Waals surface area contributed by atoms with E-state index in [4.69, 9.17) is 9.72 Å². The molecule has 0 aliphatic heterocycles. The Morgan fingerprint density at radius 2 is 1.69 bits per heavy atom. The van der Waals surface area contributed by atoms with Crippen LogP contribution in [0.25, 0.3) is 16.8 Å². The fraction of sp³-hybridized carbons (Fsp3) is 0.630. The van der Waals surface area contributed by atoms with Crippen LogP contribution in [0, 0.1) is 17.8 Å². The normalized spacial score (nSPS) is 26.8. The number of aromatic nitrogens is 3. The highest BCUT2D eigenvalue weighted by molar-refractivity contribution is 5.93. The number of fused-ring (bicyclic) bond motifs is 3. The smallest absolute Gasteiger partial charge is 0.357 e. The molecule has 0 saturated heterocycles. The first-order valence-electron chi connectivity index (χ1n) is 12.8. The van der Waals surface area contributed by atoms with Crippen molar-refractivity contribution in [2.24, 2.45) is 17.8 Å². The highest BCUT2D eigenvalue weighted by Crippen LogP contribution is 2.57. The number of rotatable bonds is 7. The predicted molar refractivity (Wildman–Crippen MR) is 144 cm³/mol. The van der Waals surface area contributed by atoms with Gasteiger partial charge in [0.2, 0.25) is 5.78 Å². The number of hydrogen-bond acceptors (Lipinski definition) is 4. The average Bonchev–Trinajstić information content (AvgIpc) is 3.30. The van der Waals surface area contributed by atoms with E-state index in [0.717, 1.165) is 59.6 Å². The summed E-state index contributed by atoms with van der Waals surface area (Å²) in [5.74, 6) is 3.24. The van der Waals surface area contributed by atoms with Crippen molar-refractivity contribution < 1.29 is 9.53 Å². The van der Waals surface area contributed by atoms with E-state index >= 15 is 0 Å². The Bertz CT molecular complexity index is 1180. The van der Waals surface area contributed by atoms with Crippen molar-refractivity contribution in [3.05, 3.63) is 35.7 Å². The monoisotopic (exact) mass is 520 g/mol.